The van der Waals surface area contributed by atoms with E-state index in [0.29, 0.717) is 23.6 Å². The number of aromatic nitrogens is 1. The summed E-state index contributed by atoms with van der Waals surface area (Å²) in [6.45, 7) is 4.36. The number of thiophene rings is 1. The van der Waals surface area contributed by atoms with E-state index in [-0.39, 0.29) is 0 Å². The maximum atomic E-state index is 11.9. The van der Waals surface area contributed by atoms with Crippen LogP contribution in [0.15, 0.2) is 24.4 Å². The van der Waals surface area contributed by atoms with E-state index in [0.717, 1.165) is 11.3 Å². The Morgan fingerprint density at radius 1 is 1.42 bits per heavy atom. The van der Waals surface area contributed by atoms with Gasteiger partial charge in [0.05, 0.1) is 22.7 Å². The molecule has 4 nitrogen and oxygen atoms in total. The van der Waals surface area contributed by atoms with Crippen molar-refractivity contribution in [2.75, 3.05) is 12.3 Å². The highest BCUT2D eigenvalue weighted by Crippen LogP contribution is 2.31. The van der Waals surface area contributed by atoms with Crippen molar-refractivity contribution >= 4 is 23.0 Å². The molecular weight excluding hydrogens is 260 g/mol. The van der Waals surface area contributed by atoms with Crippen LogP contribution in [0, 0.1) is 6.92 Å². The summed E-state index contributed by atoms with van der Waals surface area (Å²) in [5.74, 6) is -0.392. The largest absolute Gasteiger partial charge is 0.462 e. The molecule has 2 rings (SSSR count). The molecule has 0 atom stereocenters. The van der Waals surface area contributed by atoms with Gasteiger partial charge in [0.2, 0.25) is 0 Å². The Morgan fingerprint density at radius 3 is 2.84 bits per heavy atom. The fourth-order valence-electron chi connectivity index (χ4n) is 1.68. The van der Waals surface area contributed by atoms with Gasteiger partial charge in [0.1, 0.15) is 5.69 Å². The second-order valence-corrected chi connectivity index (χ2v) is 5.45. The van der Waals surface area contributed by atoms with E-state index in [1.54, 1.807) is 23.6 Å². The van der Waals surface area contributed by atoms with Gasteiger partial charge in [0.25, 0.3) is 0 Å². The third-order valence-electron chi connectivity index (χ3n) is 2.62. The van der Waals surface area contributed by atoms with E-state index >= 15 is 0 Å². The van der Waals surface area contributed by atoms with Crippen molar-refractivity contribution in [3.63, 3.8) is 0 Å². The van der Waals surface area contributed by atoms with Crippen molar-refractivity contribution < 1.29 is 9.53 Å². The second kappa shape index (κ2) is 5.84. The molecule has 19 heavy (non-hydrogen) atoms. The summed E-state index contributed by atoms with van der Waals surface area (Å²) < 4.78 is 5.11. The molecule has 0 aliphatic carbocycles. The third kappa shape index (κ3) is 2.93. The first-order valence-corrected chi connectivity index (χ1v) is 6.93. The Labute approximate surface area is 116 Å². The number of carbonyl (C=O) groups is 1. The first-order valence-electron chi connectivity index (χ1n) is 6.12. The number of aryl methyl sites for hydroxylation is 1. The maximum absolute atomic E-state index is 11.9. The van der Waals surface area contributed by atoms with E-state index in [2.05, 4.69) is 4.98 Å². The highest BCUT2D eigenvalue weighted by atomic mass is 32.1. The van der Waals surface area contributed by atoms with Crippen LogP contribution in [0.25, 0.3) is 10.6 Å². The van der Waals surface area contributed by atoms with Crippen molar-refractivity contribution in [3.05, 3.63) is 34.8 Å². The van der Waals surface area contributed by atoms with E-state index in [4.69, 9.17) is 10.5 Å². The molecule has 0 saturated carbocycles. The summed E-state index contributed by atoms with van der Waals surface area (Å²) >= 11 is 1.60. The van der Waals surface area contributed by atoms with Crippen LogP contribution >= 0.6 is 11.3 Å². The molecule has 2 aromatic rings. The minimum absolute atomic E-state index is 0.379. The standard InChI is InChI=1S/C14H16N2O2S/c1-3-8-18-14(17)10-6-7-16-13(12(10)15)11-5-4-9(2)19-11/h4-7H,3,8,15H2,1-2H3. The van der Waals surface area contributed by atoms with Crippen LogP contribution in [0.1, 0.15) is 28.6 Å². The second-order valence-electron chi connectivity index (χ2n) is 4.17. The van der Waals surface area contributed by atoms with Gasteiger partial charge in [0.15, 0.2) is 0 Å². The predicted molar refractivity (Wildman–Crippen MR) is 77.3 cm³/mol. The Kier molecular flexibility index (Phi) is 4.16. The minimum atomic E-state index is -0.392. The highest BCUT2D eigenvalue weighted by Gasteiger charge is 2.16. The number of hydrogen-bond donors (Lipinski definition) is 1. The average Bonchev–Trinajstić information content (AvgIpc) is 2.82. The number of hydrogen-bond acceptors (Lipinski definition) is 5. The summed E-state index contributed by atoms with van der Waals surface area (Å²) in [6, 6.07) is 5.56. The molecule has 2 N–H and O–H groups in total. The summed E-state index contributed by atoms with van der Waals surface area (Å²) in [5.41, 5.74) is 7.44. The molecule has 2 aromatic heterocycles. The van der Waals surface area contributed by atoms with Gasteiger partial charge in [0, 0.05) is 11.1 Å². The topological polar surface area (TPSA) is 65.2 Å². The van der Waals surface area contributed by atoms with E-state index in [1.165, 1.54) is 4.88 Å². The van der Waals surface area contributed by atoms with Gasteiger partial charge >= 0.3 is 5.97 Å². The van der Waals surface area contributed by atoms with Crippen molar-refractivity contribution in [2.45, 2.75) is 20.3 Å². The molecule has 0 spiro atoms. The summed E-state index contributed by atoms with van der Waals surface area (Å²) in [5, 5.41) is 0. The van der Waals surface area contributed by atoms with Crippen molar-refractivity contribution in [1.82, 2.24) is 4.98 Å². The first kappa shape index (κ1) is 13.5. The SMILES string of the molecule is CCCOC(=O)c1ccnc(-c2ccc(C)s2)c1N. The van der Waals surface area contributed by atoms with Crippen LogP contribution in [0.2, 0.25) is 0 Å². The molecule has 100 valence electrons. The quantitative estimate of drug-likeness (QED) is 0.870. The molecular formula is C14H16N2O2S. The number of anilines is 1. The Hall–Kier alpha value is -1.88. The van der Waals surface area contributed by atoms with Gasteiger partial charge in [-0.05, 0) is 31.5 Å². The first-order chi connectivity index (χ1) is 9.13. The van der Waals surface area contributed by atoms with E-state index < -0.39 is 5.97 Å². The summed E-state index contributed by atoms with van der Waals surface area (Å²) in [6.07, 6.45) is 2.37. The molecule has 0 fully saturated rings. The van der Waals surface area contributed by atoms with Crippen molar-refractivity contribution in [1.29, 1.82) is 0 Å². The fraction of sp³-hybridized carbons (Fsp3) is 0.286. The van der Waals surface area contributed by atoms with Gasteiger partial charge in [-0.2, -0.15) is 0 Å². The lowest BCUT2D eigenvalue weighted by Gasteiger charge is -2.08. The highest BCUT2D eigenvalue weighted by molar-refractivity contribution is 7.15. The van der Waals surface area contributed by atoms with Gasteiger partial charge < -0.3 is 10.5 Å². The zero-order chi connectivity index (χ0) is 13.8. The number of carbonyl (C=O) groups excluding carboxylic acids is 1. The van der Waals surface area contributed by atoms with E-state index in [1.807, 2.05) is 26.0 Å². The molecule has 2 heterocycles. The van der Waals surface area contributed by atoms with Crippen molar-refractivity contribution in [2.24, 2.45) is 0 Å². The monoisotopic (exact) mass is 276 g/mol. The number of esters is 1. The molecule has 0 amide bonds. The molecule has 0 aromatic carbocycles. The lowest BCUT2D eigenvalue weighted by Crippen LogP contribution is -2.10. The van der Waals surface area contributed by atoms with Crippen molar-refractivity contribution in [3.8, 4) is 10.6 Å². The number of nitrogen functional groups attached to an aromatic ring is 1. The van der Waals surface area contributed by atoms with Crippen LogP contribution < -0.4 is 5.73 Å². The molecule has 0 unspecified atom stereocenters. The third-order valence-corrected chi connectivity index (χ3v) is 3.63. The summed E-state index contributed by atoms with van der Waals surface area (Å²) in [7, 11) is 0. The molecule has 0 saturated heterocycles. The lowest BCUT2D eigenvalue weighted by atomic mass is 10.1. The fourth-order valence-corrected chi connectivity index (χ4v) is 2.56. The van der Waals surface area contributed by atoms with Crippen LogP contribution in [0.4, 0.5) is 5.69 Å². The number of nitrogens with zero attached hydrogens (tertiary/aromatic N) is 1. The normalized spacial score (nSPS) is 10.4. The van der Waals surface area contributed by atoms with Crippen LogP contribution in [0.3, 0.4) is 0 Å². The van der Waals surface area contributed by atoms with Crippen LogP contribution in [-0.4, -0.2) is 17.6 Å². The smallest absolute Gasteiger partial charge is 0.340 e. The Morgan fingerprint density at radius 2 is 2.21 bits per heavy atom. The van der Waals surface area contributed by atoms with Gasteiger partial charge in [-0.25, -0.2) is 4.79 Å². The van der Waals surface area contributed by atoms with Gasteiger partial charge in [-0.15, -0.1) is 11.3 Å². The number of nitrogens with two attached hydrogens (primary N) is 1. The van der Waals surface area contributed by atoms with Gasteiger partial charge in [-0.3, -0.25) is 4.98 Å². The van der Waals surface area contributed by atoms with E-state index in [9.17, 15) is 4.79 Å². The number of ether oxygens (including phenoxy) is 1. The Bertz CT molecular complexity index is 593. The van der Waals surface area contributed by atoms with Crippen LogP contribution in [-0.2, 0) is 4.74 Å². The summed E-state index contributed by atoms with van der Waals surface area (Å²) in [4.78, 5) is 18.3. The molecule has 0 bridgehead atoms. The van der Waals surface area contributed by atoms with Crippen LogP contribution in [0.5, 0.6) is 0 Å². The lowest BCUT2D eigenvalue weighted by molar-refractivity contribution is 0.0506. The average molecular weight is 276 g/mol. The zero-order valence-corrected chi connectivity index (χ0v) is 11.8. The molecule has 5 heteroatoms. The predicted octanol–water partition coefficient (Wildman–Crippen LogP) is 3.27. The molecule has 0 aliphatic rings. The number of pyridine rings is 1. The molecule has 0 aliphatic heterocycles. The zero-order valence-electron chi connectivity index (χ0n) is 11.0. The maximum Gasteiger partial charge on any atom is 0.340 e. The molecule has 0 radical (unpaired) electrons. The Balaban J connectivity index is 2.35. The van der Waals surface area contributed by atoms with Gasteiger partial charge in [-0.1, -0.05) is 6.92 Å². The minimum Gasteiger partial charge on any atom is -0.462 e. The number of rotatable bonds is 4.